The van der Waals surface area contributed by atoms with Crippen molar-refractivity contribution in [2.45, 2.75) is 6.18 Å². The lowest BCUT2D eigenvalue weighted by atomic mass is 10.2. The monoisotopic (exact) mass is 308 g/mol. The Bertz CT molecular complexity index is 847. The van der Waals surface area contributed by atoms with Crippen LogP contribution in [0.1, 0.15) is 5.69 Å². The SMILES string of the molecule is Cn1nc(NC(=O)n2ccc3ccccc32)cc1C(F)(F)F. The molecule has 2 aromatic heterocycles. The summed E-state index contributed by atoms with van der Waals surface area (Å²) in [5, 5.41) is 6.88. The number of carbonyl (C=O) groups excluding carboxylic acids is 1. The van der Waals surface area contributed by atoms with Crippen LogP contribution in [0.5, 0.6) is 0 Å². The molecule has 0 fully saturated rings. The van der Waals surface area contributed by atoms with Crippen molar-refractivity contribution in [2.24, 2.45) is 7.05 Å². The Morgan fingerprint density at radius 1 is 1.23 bits per heavy atom. The van der Waals surface area contributed by atoms with Crippen LogP contribution in [0.25, 0.3) is 10.9 Å². The fourth-order valence-electron chi connectivity index (χ4n) is 2.22. The van der Waals surface area contributed by atoms with Crippen molar-refractivity contribution in [1.29, 1.82) is 0 Å². The van der Waals surface area contributed by atoms with Gasteiger partial charge < -0.3 is 0 Å². The van der Waals surface area contributed by atoms with Gasteiger partial charge in [-0.25, -0.2) is 4.79 Å². The minimum atomic E-state index is -4.52. The van der Waals surface area contributed by atoms with Gasteiger partial charge in [0.1, 0.15) is 5.69 Å². The maximum absolute atomic E-state index is 12.7. The van der Waals surface area contributed by atoms with Crippen LogP contribution in [0.15, 0.2) is 42.6 Å². The average Bonchev–Trinajstić information content (AvgIpc) is 3.01. The van der Waals surface area contributed by atoms with Crippen LogP contribution in [0.4, 0.5) is 23.8 Å². The van der Waals surface area contributed by atoms with Crippen molar-refractivity contribution in [3.63, 3.8) is 0 Å². The average molecular weight is 308 g/mol. The first-order valence-corrected chi connectivity index (χ1v) is 6.35. The summed E-state index contributed by atoms with van der Waals surface area (Å²) >= 11 is 0. The van der Waals surface area contributed by atoms with Gasteiger partial charge in [-0.15, -0.1) is 0 Å². The van der Waals surface area contributed by atoms with Crippen molar-refractivity contribution in [1.82, 2.24) is 14.3 Å². The second kappa shape index (κ2) is 4.90. The van der Waals surface area contributed by atoms with E-state index in [1.165, 1.54) is 11.6 Å². The number of rotatable bonds is 1. The van der Waals surface area contributed by atoms with E-state index < -0.39 is 17.9 Å². The lowest BCUT2D eigenvalue weighted by Crippen LogP contribution is -2.18. The van der Waals surface area contributed by atoms with Crippen LogP contribution in [0.3, 0.4) is 0 Å². The molecule has 22 heavy (non-hydrogen) atoms. The molecule has 0 atom stereocenters. The number of hydrogen-bond acceptors (Lipinski definition) is 2. The van der Waals surface area contributed by atoms with Gasteiger partial charge in [0.15, 0.2) is 5.82 Å². The van der Waals surface area contributed by atoms with Gasteiger partial charge in [-0.1, -0.05) is 18.2 Å². The van der Waals surface area contributed by atoms with Crippen LogP contribution in [0.2, 0.25) is 0 Å². The number of hydrogen-bond donors (Lipinski definition) is 1. The Labute approximate surface area is 122 Å². The topological polar surface area (TPSA) is 51.9 Å². The Hall–Kier alpha value is -2.77. The van der Waals surface area contributed by atoms with Gasteiger partial charge in [0, 0.05) is 24.7 Å². The number of halogens is 3. The first-order valence-electron chi connectivity index (χ1n) is 6.35. The summed E-state index contributed by atoms with van der Waals surface area (Å²) < 4.78 is 40.1. The Kier molecular flexibility index (Phi) is 3.16. The van der Waals surface area contributed by atoms with E-state index in [4.69, 9.17) is 0 Å². The molecule has 0 spiro atoms. The van der Waals surface area contributed by atoms with E-state index in [0.29, 0.717) is 10.2 Å². The van der Waals surface area contributed by atoms with E-state index in [1.54, 1.807) is 24.4 Å². The zero-order valence-corrected chi connectivity index (χ0v) is 11.4. The van der Waals surface area contributed by atoms with Gasteiger partial charge >= 0.3 is 12.2 Å². The van der Waals surface area contributed by atoms with Gasteiger partial charge in [-0.2, -0.15) is 18.3 Å². The predicted molar refractivity (Wildman–Crippen MR) is 74.6 cm³/mol. The molecule has 3 rings (SSSR count). The molecular formula is C14H11F3N4O. The van der Waals surface area contributed by atoms with Crippen LogP contribution >= 0.6 is 0 Å². The zero-order valence-electron chi connectivity index (χ0n) is 11.4. The highest BCUT2D eigenvalue weighted by Crippen LogP contribution is 2.30. The highest BCUT2D eigenvalue weighted by atomic mass is 19.4. The van der Waals surface area contributed by atoms with Gasteiger partial charge in [-0.05, 0) is 12.1 Å². The van der Waals surface area contributed by atoms with Crippen molar-refractivity contribution in [3.05, 3.63) is 48.3 Å². The molecule has 8 heteroatoms. The fourth-order valence-corrected chi connectivity index (χ4v) is 2.22. The summed E-state index contributed by atoms with van der Waals surface area (Å²) in [5.41, 5.74) is -0.271. The molecule has 0 aliphatic carbocycles. The molecule has 3 aromatic rings. The Morgan fingerprint density at radius 2 is 1.95 bits per heavy atom. The van der Waals surface area contributed by atoms with Crippen molar-refractivity contribution in [2.75, 3.05) is 5.32 Å². The highest BCUT2D eigenvalue weighted by Gasteiger charge is 2.35. The van der Waals surface area contributed by atoms with Gasteiger partial charge in [0.2, 0.25) is 0 Å². The van der Waals surface area contributed by atoms with E-state index in [-0.39, 0.29) is 5.82 Å². The fraction of sp³-hybridized carbons (Fsp3) is 0.143. The van der Waals surface area contributed by atoms with E-state index in [0.717, 1.165) is 11.5 Å². The third kappa shape index (κ3) is 2.43. The summed E-state index contributed by atoms with van der Waals surface area (Å²) in [4.78, 5) is 12.2. The molecule has 1 aromatic carbocycles. The van der Waals surface area contributed by atoms with E-state index in [2.05, 4.69) is 10.4 Å². The maximum Gasteiger partial charge on any atom is 0.433 e. The molecule has 0 saturated heterocycles. The molecule has 0 radical (unpaired) electrons. The number of benzene rings is 1. The molecule has 0 bridgehead atoms. The lowest BCUT2D eigenvalue weighted by molar-refractivity contribution is -0.143. The number of nitrogens with zero attached hydrogens (tertiary/aromatic N) is 3. The molecule has 0 saturated carbocycles. The third-order valence-corrected chi connectivity index (χ3v) is 3.22. The number of carbonyl (C=O) groups is 1. The molecule has 1 N–H and O–H groups in total. The van der Waals surface area contributed by atoms with Gasteiger partial charge in [-0.3, -0.25) is 14.6 Å². The number of alkyl halides is 3. The van der Waals surface area contributed by atoms with Gasteiger partial charge in [0.05, 0.1) is 5.52 Å². The predicted octanol–water partition coefficient (Wildman–Crippen LogP) is 3.47. The summed E-state index contributed by atoms with van der Waals surface area (Å²) in [6.07, 6.45) is -2.97. The molecule has 0 aliphatic rings. The maximum atomic E-state index is 12.7. The van der Waals surface area contributed by atoms with Gasteiger partial charge in [0.25, 0.3) is 0 Å². The number of nitrogens with one attached hydrogen (secondary N) is 1. The number of fused-ring (bicyclic) bond motifs is 1. The van der Waals surface area contributed by atoms with Crippen molar-refractivity contribution < 1.29 is 18.0 Å². The summed E-state index contributed by atoms with van der Waals surface area (Å²) in [6.45, 7) is 0. The number of anilines is 1. The molecule has 114 valence electrons. The Morgan fingerprint density at radius 3 is 2.64 bits per heavy atom. The number of aromatic nitrogens is 3. The minimum absolute atomic E-state index is 0.155. The van der Waals surface area contributed by atoms with Crippen LogP contribution in [0, 0.1) is 0 Å². The minimum Gasteiger partial charge on any atom is -0.290 e. The zero-order chi connectivity index (χ0) is 15.9. The normalized spacial score (nSPS) is 11.8. The smallest absolute Gasteiger partial charge is 0.290 e. The highest BCUT2D eigenvalue weighted by molar-refractivity contribution is 5.97. The molecule has 0 unspecified atom stereocenters. The van der Waals surface area contributed by atoms with Crippen LogP contribution in [-0.4, -0.2) is 20.4 Å². The second-order valence-electron chi connectivity index (χ2n) is 4.71. The lowest BCUT2D eigenvalue weighted by Gasteiger charge is -2.04. The molecule has 2 heterocycles. The molecule has 5 nitrogen and oxygen atoms in total. The quantitative estimate of drug-likeness (QED) is 0.748. The molecular weight excluding hydrogens is 297 g/mol. The van der Waals surface area contributed by atoms with Crippen molar-refractivity contribution >= 4 is 22.8 Å². The molecule has 1 amide bonds. The van der Waals surface area contributed by atoms with Crippen molar-refractivity contribution in [3.8, 4) is 0 Å². The first kappa shape index (κ1) is 14.2. The van der Waals surface area contributed by atoms with E-state index in [9.17, 15) is 18.0 Å². The number of amides is 1. The number of para-hydroxylation sites is 1. The van der Waals surface area contributed by atoms with E-state index >= 15 is 0 Å². The standard InChI is InChI=1S/C14H11F3N4O/c1-20-11(14(15,16)17)8-12(19-20)18-13(22)21-7-6-9-4-2-3-5-10(9)21/h2-8H,1H3,(H,18,19,22). The third-order valence-electron chi connectivity index (χ3n) is 3.22. The van der Waals surface area contributed by atoms with E-state index in [1.807, 2.05) is 12.1 Å². The second-order valence-corrected chi connectivity index (χ2v) is 4.71. The summed E-state index contributed by atoms with van der Waals surface area (Å²) in [6, 6.07) is 9.15. The first-order chi connectivity index (χ1) is 10.4. The largest absolute Gasteiger partial charge is 0.433 e. The Balaban J connectivity index is 1.89. The number of aryl methyl sites for hydroxylation is 1. The molecule has 0 aliphatic heterocycles. The summed E-state index contributed by atoms with van der Waals surface area (Å²) in [5.74, 6) is -0.155. The summed E-state index contributed by atoms with van der Waals surface area (Å²) in [7, 11) is 1.17. The van der Waals surface area contributed by atoms with Crippen LogP contribution < -0.4 is 5.32 Å². The van der Waals surface area contributed by atoms with Crippen LogP contribution in [-0.2, 0) is 13.2 Å².